The fourth-order valence-electron chi connectivity index (χ4n) is 7.44. The summed E-state index contributed by atoms with van der Waals surface area (Å²) < 4.78 is 24.2. The van der Waals surface area contributed by atoms with E-state index in [1.165, 1.54) is 11.8 Å². The molecule has 4 N–H and O–H groups in total. The van der Waals surface area contributed by atoms with E-state index in [4.69, 9.17) is 47.9 Å². The number of aromatic nitrogens is 1. The van der Waals surface area contributed by atoms with Gasteiger partial charge in [-0.1, -0.05) is 72.2 Å². The number of rotatable bonds is 13. The van der Waals surface area contributed by atoms with Crippen LogP contribution in [0.15, 0.2) is 115 Å². The molecule has 14 heteroatoms. The van der Waals surface area contributed by atoms with E-state index in [0.29, 0.717) is 50.8 Å². The zero-order chi connectivity index (χ0) is 44.2. The highest BCUT2D eigenvalue weighted by molar-refractivity contribution is 6.42. The number of allylic oxidation sites excluding steroid dienone is 2. The van der Waals surface area contributed by atoms with Gasteiger partial charge in [-0.2, -0.15) is 0 Å². The molecule has 2 amide bonds. The number of hydrogen-bond donors (Lipinski definition) is 3. The van der Waals surface area contributed by atoms with Gasteiger partial charge in [0.1, 0.15) is 42.5 Å². The maximum absolute atomic E-state index is 14.2. The van der Waals surface area contributed by atoms with Crippen molar-refractivity contribution in [3.05, 3.63) is 164 Å². The van der Waals surface area contributed by atoms with Crippen LogP contribution < -0.4 is 25.3 Å². The minimum absolute atomic E-state index is 0.00883. The van der Waals surface area contributed by atoms with Gasteiger partial charge in [-0.15, -0.1) is 0 Å². The molecule has 12 nitrogen and oxygen atoms in total. The molecule has 0 fully saturated rings. The molecule has 0 saturated carbocycles. The van der Waals surface area contributed by atoms with Gasteiger partial charge in [0.2, 0.25) is 5.91 Å². The van der Waals surface area contributed by atoms with Crippen LogP contribution in [0.1, 0.15) is 59.0 Å². The SMILES string of the molecule is C=C(C)O/C(C)=C(\N)C(=O)N1Cc2cc3c(cc2C[C@H]1C(=O)N[C@@H](Cc1ccc(-c2ccnc(C)c2C)cc1)C(=O)O)OC[C@H](c1ccc(OCc2ccc(Cl)c(Cl)c2)cc1)O3. The number of nitrogens with one attached hydrogen (secondary N) is 1. The highest BCUT2D eigenvalue weighted by Crippen LogP contribution is 2.41. The van der Waals surface area contributed by atoms with Gasteiger partial charge in [-0.25, -0.2) is 4.79 Å². The molecule has 5 aromatic rings. The first kappa shape index (κ1) is 43.6. The van der Waals surface area contributed by atoms with Crippen molar-refractivity contribution in [3.8, 4) is 28.4 Å². The molecular weight excluding hydrogens is 831 g/mol. The topological polar surface area (TPSA) is 163 Å². The second-order valence-corrected chi connectivity index (χ2v) is 16.2. The van der Waals surface area contributed by atoms with Crippen LogP contribution in [0.3, 0.4) is 0 Å². The fraction of sp³-hybridized carbons (Fsp3) is 0.250. The first-order chi connectivity index (χ1) is 29.6. The predicted octanol–water partition coefficient (Wildman–Crippen LogP) is 8.57. The Kier molecular flexibility index (Phi) is 13.1. The van der Waals surface area contributed by atoms with Gasteiger partial charge in [0, 0.05) is 31.3 Å². The number of aliphatic carboxylic acids is 1. The summed E-state index contributed by atoms with van der Waals surface area (Å²) in [6.07, 6.45) is 1.37. The van der Waals surface area contributed by atoms with Crippen LogP contribution >= 0.6 is 23.2 Å². The normalized spacial score (nSPS) is 16.3. The maximum Gasteiger partial charge on any atom is 0.326 e. The van der Waals surface area contributed by atoms with E-state index in [9.17, 15) is 19.5 Å². The van der Waals surface area contributed by atoms with E-state index in [1.807, 2.05) is 74.5 Å². The number of carbonyl (C=O) groups is 3. The molecule has 3 heterocycles. The van der Waals surface area contributed by atoms with Crippen LogP contribution in [0.25, 0.3) is 11.1 Å². The van der Waals surface area contributed by atoms with Gasteiger partial charge in [-0.3, -0.25) is 14.6 Å². The molecule has 0 spiro atoms. The third kappa shape index (κ3) is 9.83. The summed E-state index contributed by atoms with van der Waals surface area (Å²) in [6, 6.07) is 23.5. The molecule has 0 bridgehead atoms. The van der Waals surface area contributed by atoms with Gasteiger partial charge < -0.3 is 40.0 Å². The van der Waals surface area contributed by atoms with Crippen molar-refractivity contribution in [3.63, 3.8) is 0 Å². The van der Waals surface area contributed by atoms with Crippen molar-refractivity contribution in [1.29, 1.82) is 0 Å². The number of pyridine rings is 1. The Bertz CT molecular complexity index is 2580. The number of ether oxygens (including phenoxy) is 4. The van der Waals surface area contributed by atoms with E-state index < -0.39 is 36.0 Å². The minimum atomic E-state index is -1.29. The molecule has 4 aromatic carbocycles. The molecule has 62 heavy (non-hydrogen) atoms. The van der Waals surface area contributed by atoms with Crippen LogP contribution in [0.4, 0.5) is 0 Å². The third-order valence-corrected chi connectivity index (χ3v) is 11.7. The van der Waals surface area contributed by atoms with Crippen molar-refractivity contribution in [1.82, 2.24) is 15.2 Å². The Labute approximate surface area is 369 Å². The lowest BCUT2D eigenvalue weighted by atomic mass is 9.91. The average Bonchev–Trinajstić information content (AvgIpc) is 3.25. The lowest BCUT2D eigenvalue weighted by Crippen LogP contribution is -2.56. The van der Waals surface area contributed by atoms with Crippen LogP contribution in [0.5, 0.6) is 17.2 Å². The number of aryl methyl sites for hydroxylation is 1. The van der Waals surface area contributed by atoms with E-state index in [-0.39, 0.29) is 37.4 Å². The third-order valence-electron chi connectivity index (χ3n) is 11.0. The van der Waals surface area contributed by atoms with Crippen molar-refractivity contribution in [2.24, 2.45) is 5.73 Å². The maximum atomic E-state index is 14.2. The zero-order valence-electron chi connectivity index (χ0n) is 34.7. The lowest BCUT2D eigenvalue weighted by molar-refractivity contribution is -0.144. The molecule has 0 unspecified atom stereocenters. The Balaban J connectivity index is 1.09. The minimum Gasteiger partial charge on any atom is -0.489 e. The van der Waals surface area contributed by atoms with E-state index >= 15 is 0 Å². The molecule has 0 radical (unpaired) electrons. The molecule has 7 rings (SSSR count). The standard InChI is InChI=1S/C48H46Cl2N4O8/c1-26(2)61-29(5)45(51)47(56)54-23-35-22-43-42(60-25-44(62-43)33-11-13-36(14-12-33)59-24-31-8-15-38(49)39(50)18-31)21-34(35)20-41(54)46(55)53-40(48(57)58)19-30-6-9-32(10-7-30)37-16-17-52-28(4)27(37)3/h6-18,21-22,40-41,44H,1,19-20,23-25,51H2,2-5H3,(H,53,55)(H,57,58)/b45-29-/t40-,41-,44+/m0/s1. The fourth-order valence-corrected chi connectivity index (χ4v) is 7.76. The number of halogens is 2. The van der Waals surface area contributed by atoms with E-state index in [1.54, 1.807) is 37.4 Å². The number of carboxylic acid groups (broad SMARTS) is 1. The summed E-state index contributed by atoms with van der Waals surface area (Å²) in [5, 5.41) is 13.9. The van der Waals surface area contributed by atoms with Crippen LogP contribution in [-0.4, -0.2) is 51.5 Å². The van der Waals surface area contributed by atoms with E-state index in [2.05, 4.69) is 16.9 Å². The largest absolute Gasteiger partial charge is 0.489 e. The Hall–Kier alpha value is -6.50. The lowest BCUT2D eigenvalue weighted by Gasteiger charge is -2.37. The summed E-state index contributed by atoms with van der Waals surface area (Å²) >= 11 is 12.2. The van der Waals surface area contributed by atoms with Gasteiger partial charge in [0.05, 0.1) is 15.8 Å². The quantitative estimate of drug-likeness (QED) is 0.0772. The van der Waals surface area contributed by atoms with Gasteiger partial charge in [-0.05, 0) is 115 Å². The van der Waals surface area contributed by atoms with Gasteiger partial charge in [0.15, 0.2) is 17.6 Å². The summed E-state index contributed by atoms with van der Waals surface area (Å²) in [7, 11) is 0. The number of nitrogens with zero attached hydrogens (tertiary/aromatic N) is 2. The number of amides is 2. The van der Waals surface area contributed by atoms with Crippen molar-refractivity contribution in [2.45, 2.75) is 71.9 Å². The number of carbonyl (C=O) groups excluding carboxylic acids is 2. The highest BCUT2D eigenvalue weighted by Gasteiger charge is 2.39. The van der Waals surface area contributed by atoms with Crippen molar-refractivity contribution in [2.75, 3.05) is 6.61 Å². The summed E-state index contributed by atoms with van der Waals surface area (Å²) in [6.45, 7) is 11.3. The van der Waals surface area contributed by atoms with Crippen molar-refractivity contribution < 1.29 is 38.4 Å². The smallest absolute Gasteiger partial charge is 0.326 e. The summed E-state index contributed by atoms with van der Waals surface area (Å²) in [5.41, 5.74) is 14.0. The van der Waals surface area contributed by atoms with Crippen LogP contribution in [0, 0.1) is 13.8 Å². The van der Waals surface area contributed by atoms with Gasteiger partial charge in [0.25, 0.3) is 5.91 Å². The average molecular weight is 878 g/mol. The molecule has 1 aromatic heterocycles. The molecule has 0 saturated heterocycles. The Morgan fingerprint density at radius 1 is 0.952 bits per heavy atom. The van der Waals surface area contributed by atoms with Crippen LogP contribution in [-0.2, 0) is 45.1 Å². The summed E-state index contributed by atoms with van der Waals surface area (Å²) in [5.74, 6) is -0.490. The van der Waals surface area contributed by atoms with E-state index in [0.717, 1.165) is 39.1 Å². The zero-order valence-corrected chi connectivity index (χ0v) is 36.2. The summed E-state index contributed by atoms with van der Waals surface area (Å²) in [4.78, 5) is 46.6. The first-order valence-corrected chi connectivity index (χ1v) is 20.7. The molecule has 0 aliphatic carbocycles. The number of nitrogens with two attached hydrogens (primary N) is 1. The number of benzene rings is 4. The second kappa shape index (κ2) is 18.6. The second-order valence-electron chi connectivity index (χ2n) is 15.4. The number of hydrogen-bond acceptors (Lipinski definition) is 9. The highest BCUT2D eigenvalue weighted by atomic mass is 35.5. The van der Waals surface area contributed by atoms with Crippen molar-refractivity contribution >= 4 is 41.0 Å². The first-order valence-electron chi connectivity index (χ1n) is 19.9. The predicted molar refractivity (Wildman–Crippen MR) is 236 cm³/mol. The van der Waals surface area contributed by atoms with Gasteiger partial charge >= 0.3 is 5.97 Å². The Morgan fingerprint density at radius 2 is 1.66 bits per heavy atom. The number of carboxylic acids is 1. The number of fused-ring (bicyclic) bond motifs is 2. The molecule has 2 aliphatic rings. The van der Waals surface area contributed by atoms with Crippen LogP contribution in [0.2, 0.25) is 10.0 Å². The molecule has 3 atom stereocenters. The monoisotopic (exact) mass is 876 g/mol. The molecular formula is C48H46Cl2N4O8. The Morgan fingerprint density at radius 3 is 2.35 bits per heavy atom. The molecule has 2 aliphatic heterocycles. The molecule has 320 valence electrons.